The molecule has 0 radical (unpaired) electrons. The van der Waals surface area contributed by atoms with Crippen molar-refractivity contribution in [3.8, 4) is 0 Å². The summed E-state index contributed by atoms with van der Waals surface area (Å²) in [6.45, 7) is -0.0783. The van der Waals surface area contributed by atoms with Crippen molar-refractivity contribution >= 4 is 23.5 Å². The maximum atomic E-state index is 11.9. The van der Waals surface area contributed by atoms with Gasteiger partial charge in [-0.1, -0.05) is 60.7 Å². The zero-order chi connectivity index (χ0) is 20.4. The predicted molar refractivity (Wildman–Crippen MR) is 99.7 cm³/mol. The van der Waals surface area contributed by atoms with Crippen LogP contribution >= 0.6 is 0 Å². The third-order valence-corrected chi connectivity index (χ3v) is 3.87. The zero-order valence-corrected chi connectivity index (χ0v) is 15.2. The normalized spacial score (nSPS) is 11.3. The van der Waals surface area contributed by atoms with Crippen molar-refractivity contribution in [2.45, 2.75) is 32.1 Å². The molecular weight excluding hydrogens is 362 g/mol. The van der Waals surface area contributed by atoms with Gasteiger partial charge in [0.15, 0.2) is 0 Å². The van der Waals surface area contributed by atoms with Crippen LogP contribution in [0, 0.1) is 0 Å². The van der Waals surface area contributed by atoms with Crippen LogP contribution in [-0.4, -0.2) is 29.5 Å². The first kappa shape index (κ1) is 21.0. The fourth-order valence-corrected chi connectivity index (χ4v) is 2.27. The Balaban J connectivity index is 1.71. The Bertz CT molecular complexity index is 819. The van der Waals surface area contributed by atoms with Gasteiger partial charge in [-0.2, -0.15) is 0 Å². The molecule has 2 aromatic rings. The van der Waals surface area contributed by atoms with E-state index in [9.17, 15) is 19.2 Å². The van der Waals surface area contributed by atoms with Crippen LogP contribution in [0.5, 0.6) is 0 Å². The summed E-state index contributed by atoms with van der Waals surface area (Å²) in [6.07, 6.45) is -0.453. The molecule has 0 aliphatic heterocycles. The van der Waals surface area contributed by atoms with Crippen LogP contribution in [0.1, 0.15) is 24.0 Å². The molecule has 0 aromatic heterocycles. The molecule has 0 aliphatic rings. The molecule has 0 heterocycles. The van der Waals surface area contributed by atoms with Gasteiger partial charge < -0.3 is 15.2 Å². The van der Waals surface area contributed by atoms with E-state index >= 15 is 0 Å². The fourth-order valence-electron chi connectivity index (χ4n) is 2.27. The van der Waals surface area contributed by atoms with Crippen LogP contribution in [-0.2, 0) is 41.9 Å². The Morgan fingerprint density at radius 1 is 0.750 bits per heavy atom. The van der Waals surface area contributed by atoms with E-state index in [1.807, 2.05) is 12.1 Å². The first-order valence-corrected chi connectivity index (χ1v) is 8.71. The number of hydrogen-bond acceptors (Lipinski definition) is 7. The predicted octanol–water partition coefficient (Wildman–Crippen LogP) is 1.72. The number of carbonyl (C=O) groups excluding carboxylic acids is 4. The van der Waals surface area contributed by atoms with Crippen LogP contribution in [0.2, 0.25) is 0 Å². The van der Waals surface area contributed by atoms with E-state index in [1.54, 1.807) is 48.5 Å². The largest absolute Gasteiger partial charge is 0.455 e. The van der Waals surface area contributed by atoms with Crippen LogP contribution in [0.25, 0.3) is 0 Å². The summed E-state index contributed by atoms with van der Waals surface area (Å²) in [7, 11) is 0. The maximum Gasteiger partial charge on any atom is 0.376 e. The molecule has 0 bridgehead atoms. The minimum Gasteiger partial charge on any atom is -0.455 e. The molecule has 2 rings (SSSR count). The molecule has 0 aliphatic carbocycles. The van der Waals surface area contributed by atoms with Crippen molar-refractivity contribution in [3.05, 3.63) is 71.8 Å². The van der Waals surface area contributed by atoms with E-state index in [2.05, 4.69) is 0 Å². The Morgan fingerprint density at radius 3 is 1.71 bits per heavy atom. The number of carbonyl (C=O) groups is 4. The Hall–Kier alpha value is -3.32. The highest BCUT2D eigenvalue weighted by Crippen LogP contribution is 2.05. The Kier molecular flexibility index (Phi) is 8.05. The molecular formula is C21H21NO6. The molecule has 0 amide bonds. The average molecular weight is 383 g/mol. The lowest BCUT2D eigenvalue weighted by Gasteiger charge is -2.10. The maximum absolute atomic E-state index is 11.9. The van der Waals surface area contributed by atoms with Crippen LogP contribution in [0.15, 0.2) is 60.7 Å². The number of ether oxygens (including phenoxy) is 2. The monoisotopic (exact) mass is 383 g/mol. The minimum absolute atomic E-state index is 0.0256. The summed E-state index contributed by atoms with van der Waals surface area (Å²) in [5.74, 6) is -3.83. The molecule has 0 spiro atoms. The molecule has 1 unspecified atom stereocenters. The number of esters is 2. The summed E-state index contributed by atoms with van der Waals surface area (Å²) in [6, 6.07) is 16.5. The minimum atomic E-state index is -1.23. The van der Waals surface area contributed by atoms with Crippen molar-refractivity contribution in [1.82, 2.24) is 0 Å². The smallest absolute Gasteiger partial charge is 0.376 e. The lowest BCUT2D eigenvalue weighted by atomic mass is 10.1. The van der Waals surface area contributed by atoms with E-state index in [0.717, 1.165) is 11.1 Å². The van der Waals surface area contributed by atoms with Gasteiger partial charge in [-0.05, 0) is 17.5 Å². The standard InChI is InChI=1S/C21H21NO6/c22-17(19(24)21(26)28-14-16-9-5-2-6-10-16)11-12-18(23)20(25)27-13-15-7-3-1-4-8-15/h1-10,17H,11-14,22H2. The number of benzene rings is 2. The first-order valence-electron chi connectivity index (χ1n) is 8.71. The lowest BCUT2D eigenvalue weighted by Crippen LogP contribution is -2.37. The molecule has 0 fully saturated rings. The molecule has 146 valence electrons. The van der Waals surface area contributed by atoms with Crippen molar-refractivity contribution in [1.29, 1.82) is 0 Å². The fraction of sp³-hybridized carbons (Fsp3) is 0.238. The van der Waals surface area contributed by atoms with Crippen LogP contribution in [0.4, 0.5) is 0 Å². The van der Waals surface area contributed by atoms with Gasteiger partial charge in [0.25, 0.3) is 5.78 Å². The number of Topliss-reactive ketones (excluding diaryl/α,β-unsaturated/α-hetero) is 2. The second-order valence-electron chi connectivity index (χ2n) is 6.06. The summed E-state index contributed by atoms with van der Waals surface area (Å²) in [5.41, 5.74) is 7.12. The summed E-state index contributed by atoms with van der Waals surface area (Å²) < 4.78 is 9.82. The highest BCUT2D eigenvalue weighted by atomic mass is 16.5. The van der Waals surface area contributed by atoms with Gasteiger partial charge in [-0.15, -0.1) is 0 Å². The van der Waals surface area contributed by atoms with Gasteiger partial charge >= 0.3 is 11.9 Å². The summed E-state index contributed by atoms with van der Waals surface area (Å²) in [5, 5.41) is 0. The van der Waals surface area contributed by atoms with Gasteiger partial charge in [0.1, 0.15) is 13.2 Å². The number of ketones is 2. The van der Waals surface area contributed by atoms with Crippen molar-refractivity contribution in [2.75, 3.05) is 0 Å². The highest BCUT2D eigenvalue weighted by molar-refractivity contribution is 6.36. The Labute approximate surface area is 162 Å². The number of hydrogen-bond donors (Lipinski definition) is 1. The lowest BCUT2D eigenvalue weighted by molar-refractivity contribution is -0.156. The van der Waals surface area contributed by atoms with E-state index in [4.69, 9.17) is 15.2 Å². The zero-order valence-electron chi connectivity index (χ0n) is 15.2. The van der Waals surface area contributed by atoms with Crippen LogP contribution < -0.4 is 5.73 Å². The quantitative estimate of drug-likeness (QED) is 0.491. The third kappa shape index (κ3) is 6.77. The SMILES string of the molecule is NC(CCC(=O)C(=O)OCc1ccccc1)C(=O)C(=O)OCc1ccccc1. The summed E-state index contributed by atoms with van der Waals surface area (Å²) >= 11 is 0. The van der Waals surface area contributed by atoms with Gasteiger partial charge in [0.2, 0.25) is 5.78 Å². The second-order valence-corrected chi connectivity index (χ2v) is 6.06. The highest BCUT2D eigenvalue weighted by Gasteiger charge is 2.25. The van der Waals surface area contributed by atoms with Crippen molar-refractivity contribution < 1.29 is 28.7 Å². The van der Waals surface area contributed by atoms with Gasteiger partial charge in [0, 0.05) is 6.42 Å². The molecule has 7 nitrogen and oxygen atoms in total. The van der Waals surface area contributed by atoms with Gasteiger partial charge in [0.05, 0.1) is 6.04 Å². The van der Waals surface area contributed by atoms with Crippen LogP contribution in [0.3, 0.4) is 0 Å². The number of nitrogens with two attached hydrogens (primary N) is 1. The van der Waals surface area contributed by atoms with Gasteiger partial charge in [-0.3, -0.25) is 9.59 Å². The van der Waals surface area contributed by atoms with E-state index in [-0.39, 0.29) is 26.1 Å². The second kappa shape index (κ2) is 10.7. The van der Waals surface area contributed by atoms with E-state index in [0.29, 0.717) is 0 Å². The van der Waals surface area contributed by atoms with Gasteiger partial charge in [-0.25, -0.2) is 9.59 Å². The van der Waals surface area contributed by atoms with Crippen molar-refractivity contribution in [3.63, 3.8) is 0 Å². The van der Waals surface area contributed by atoms with E-state index in [1.165, 1.54) is 0 Å². The third-order valence-electron chi connectivity index (χ3n) is 3.87. The topological polar surface area (TPSA) is 113 Å². The molecule has 0 saturated carbocycles. The molecule has 2 N–H and O–H groups in total. The average Bonchev–Trinajstić information content (AvgIpc) is 2.74. The molecule has 28 heavy (non-hydrogen) atoms. The first-order chi connectivity index (χ1) is 13.5. The molecule has 1 atom stereocenters. The Morgan fingerprint density at radius 2 is 1.21 bits per heavy atom. The molecule has 7 heteroatoms. The molecule has 2 aromatic carbocycles. The molecule has 0 saturated heterocycles. The number of rotatable bonds is 10. The van der Waals surface area contributed by atoms with Crippen molar-refractivity contribution in [2.24, 2.45) is 5.73 Å². The summed E-state index contributed by atoms with van der Waals surface area (Å²) in [4.78, 5) is 47.2. The van der Waals surface area contributed by atoms with E-state index < -0.39 is 29.5 Å².